The molecule has 154 valence electrons. The second-order valence-corrected chi connectivity index (χ2v) is 7.15. The molecule has 1 aliphatic heterocycles. The smallest absolute Gasteiger partial charge is 0.255 e. The van der Waals surface area contributed by atoms with Crippen molar-refractivity contribution in [2.45, 2.75) is 13.0 Å². The second-order valence-electron chi connectivity index (χ2n) is 7.15. The van der Waals surface area contributed by atoms with Crippen LogP contribution in [0.5, 0.6) is 5.75 Å². The maximum atomic E-state index is 13.4. The third kappa shape index (κ3) is 3.45. The topological polar surface area (TPSA) is 97.2 Å². The SMILES string of the molecule is COc1ccccc1NC(=O)C1=C(C)Nc2nnnn2C1c1ccc(N(C)C)cc1. The van der Waals surface area contributed by atoms with Crippen molar-refractivity contribution in [2.24, 2.45) is 0 Å². The van der Waals surface area contributed by atoms with Gasteiger partial charge >= 0.3 is 0 Å². The molecule has 30 heavy (non-hydrogen) atoms. The van der Waals surface area contributed by atoms with E-state index in [1.54, 1.807) is 23.9 Å². The van der Waals surface area contributed by atoms with Gasteiger partial charge in [0.1, 0.15) is 11.8 Å². The number of para-hydroxylation sites is 2. The van der Waals surface area contributed by atoms with Crippen molar-refractivity contribution in [3.05, 3.63) is 65.4 Å². The summed E-state index contributed by atoms with van der Waals surface area (Å²) in [6.45, 7) is 1.84. The van der Waals surface area contributed by atoms with Crippen molar-refractivity contribution < 1.29 is 9.53 Å². The molecule has 3 aromatic rings. The van der Waals surface area contributed by atoms with Gasteiger partial charge in [0.25, 0.3) is 5.91 Å². The molecular weight excluding hydrogens is 382 g/mol. The van der Waals surface area contributed by atoms with E-state index in [2.05, 4.69) is 26.2 Å². The van der Waals surface area contributed by atoms with Crippen LogP contribution in [0.4, 0.5) is 17.3 Å². The summed E-state index contributed by atoms with van der Waals surface area (Å²) < 4.78 is 6.98. The Bertz CT molecular complexity index is 1100. The van der Waals surface area contributed by atoms with Crippen LogP contribution >= 0.6 is 0 Å². The number of ether oxygens (including phenoxy) is 1. The van der Waals surface area contributed by atoms with Crippen LogP contribution in [0, 0.1) is 0 Å². The minimum absolute atomic E-state index is 0.257. The van der Waals surface area contributed by atoms with Crippen LogP contribution in [0.25, 0.3) is 0 Å². The molecule has 0 radical (unpaired) electrons. The molecule has 1 amide bonds. The largest absolute Gasteiger partial charge is 0.495 e. The zero-order valence-electron chi connectivity index (χ0n) is 17.2. The fourth-order valence-electron chi connectivity index (χ4n) is 3.51. The summed E-state index contributed by atoms with van der Waals surface area (Å²) in [5.41, 5.74) is 3.77. The van der Waals surface area contributed by atoms with Gasteiger partial charge in [0, 0.05) is 25.5 Å². The van der Waals surface area contributed by atoms with E-state index in [-0.39, 0.29) is 5.91 Å². The third-order valence-electron chi connectivity index (χ3n) is 5.04. The molecule has 1 aromatic heterocycles. The molecule has 0 fully saturated rings. The normalized spacial score (nSPS) is 15.3. The average molecular weight is 405 g/mol. The maximum absolute atomic E-state index is 13.4. The first-order valence-corrected chi connectivity index (χ1v) is 9.47. The van der Waals surface area contributed by atoms with Gasteiger partial charge in [-0.25, -0.2) is 0 Å². The minimum Gasteiger partial charge on any atom is -0.495 e. The standard InChI is InChI=1S/C21H23N7O2/c1-13-18(20(29)23-16-7-5-6-8-17(16)30-4)19(28-21(22-13)24-25-26-28)14-9-11-15(12-10-14)27(2)3/h5-12,19H,1-4H3,(H,23,29)(H,22,24,26). The van der Waals surface area contributed by atoms with E-state index < -0.39 is 6.04 Å². The monoisotopic (exact) mass is 405 g/mol. The predicted molar refractivity (Wildman–Crippen MR) is 115 cm³/mol. The Hall–Kier alpha value is -3.88. The number of benzene rings is 2. The number of tetrazole rings is 1. The highest BCUT2D eigenvalue weighted by Crippen LogP contribution is 2.36. The number of carbonyl (C=O) groups is 1. The number of hydrogen-bond donors (Lipinski definition) is 2. The molecule has 1 aliphatic rings. The number of allylic oxidation sites excluding steroid dienone is 1. The zero-order valence-corrected chi connectivity index (χ0v) is 17.2. The van der Waals surface area contributed by atoms with Crippen LogP contribution in [0.1, 0.15) is 18.5 Å². The molecule has 1 atom stereocenters. The first kappa shape index (κ1) is 19.4. The number of fused-ring (bicyclic) bond motifs is 1. The van der Waals surface area contributed by atoms with Gasteiger partial charge in [-0.1, -0.05) is 29.4 Å². The molecule has 1 unspecified atom stereocenters. The van der Waals surface area contributed by atoms with Gasteiger partial charge in [0.15, 0.2) is 0 Å². The zero-order chi connectivity index (χ0) is 21.3. The lowest BCUT2D eigenvalue weighted by molar-refractivity contribution is -0.113. The predicted octanol–water partition coefficient (Wildman–Crippen LogP) is 2.68. The number of rotatable bonds is 5. The summed E-state index contributed by atoms with van der Waals surface area (Å²) in [5.74, 6) is 0.818. The van der Waals surface area contributed by atoms with E-state index in [1.165, 1.54) is 0 Å². The minimum atomic E-state index is -0.470. The molecule has 0 aliphatic carbocycles. The highest BCUT2D eigenvalue weighted by atomic mass is 16.5. The van der Waals surface area contributed by atoms with E-state index in [1.807, 2.05) is 62.3 Å². The highest BCUT2D eigenvalue weighted by molar-refractivity contribution is 6.06. The quantitative estimate of drug-likeness (QED) is 0.673. The summed E-state index contributed by atoms with van der Waals surface area (Å²) in [5, 5.41) is 18.0. The van der Waals surface area contributed by atoms with Crippen LogP contribution in [0.2, 0.25) is 0 Å². The molecular formula is C21H23N7O2. The number of aromatic nitrogens is 4. The average Bonchev–Trinajstić information content (AvgIpc) is 3.21. The summed E-state index contributed by atoms with van der Waals surface area (Å²) >= 11 is 0. The van der Waals surface area contributed by atoms with Crippen LogP contribution in [0.3, 0.4) is 0 Å². The molecule has 4 rings (SSSR count). The summed E-state index contributed by atoms with van der Waals surface area (Å²) in [7, 11) is 5.53. The number of carbonyl (C=O) groups excluding carboxylic acids is 1. The van der Waals surface area contributed by atoms with Crippen molar-refractivity contribution in [3.63, 3.8) is 0 Å². The van der Waals surface area contributed by atoms with E-state index in [0.29, 0.717) is 28.7 Å². The molecule has 0 saturated carbocycles. The fourth-order valence-corrected chi connectivity index (χ4v) is 3.51. The molecule has 2 heterocycles. The van der Waals surface area contributed by atoms with Crippen molar-refractivity contribution in [1.29, 1.82) is 0 Å². The van der Waals surface area contributed by atoms with E-state index in [9.17, 15) is 4.79 Å². The van der Waals surface area contributed by atoms with Gasteiger partial charge in [-0.15, -0.1) is 0 Å². The Morgan fingerprint density at radius 1 is 1.17 bits per heavy atom. The van der Waals surface area contributed by atoms with E-state index >= 15 is 0 Å². The Labute approximate surface area is 174 Å². The van der Waals surface area contributed by atoms with Crippen molar-refractivity contribution in [1.82, 2.24) is 20.2 Å². The number of nitrogens with one attached hydrogen (secondary N) is 2. The Morgan fingerprint density at radius 2 is 1.90 bits per heavy atom. The number of hydrogen-bond acceptors (Lipinski definition) is 7. The van der Waals surface area contributed by atoms with Crippen molar-refractivity contribution in [2.75, 3.05) is 36.7 Å². The number of methoxy groups -OCH3 is 1. The van der Waals surface area contributed by atoms with Gasteiger partial charge in [0.2, 0.25) is 5.95 Å². The summed E-state index contributed by atoms with van der Waals surface area (Å²) in [4.78, 5) is 15.4. The van der Waals surface area contributed by atoms with Gasteiger partial charge in [-0.3, -0.25) is 4.79 Å². The molecule has 0 bridgehead atoms. The number of anilines is 3. The Kier molecular flexibility index (Phi) is 5.09. The molecule has 0 spiro atoms. The van der Waals surface area contributed by atoms with Gasteiger partial charge < -0.3 is 20.3 Å². The lowest BCUT2D eigenvalue weighted by Crippen LogP contribution is -2.31. The van der Waals surface area contributed by atoms with Crippen molar-refractivity contribution >= 4 is 23.2 Å². The van der Waals surface area contributed by atoms with Crippen LogP contribution < -0.4 is 20.3 Å². The lowest BCUT2D eigenvalue weighted by Gasteiger charge is -2.28. The second kappa shape index (κ2) is 7.86. The first-order valence-electron chi connectivity index (χ1n) is 9.47. The summed E-state index contributed by atoms with van der Waals surface area (Å²) in [6, 6.07) is 14.8. The Morgan fingerprint density at radius 3 is 2.60 bits per heavy atom. The van der Waals surface area contributed by atoms with Crippen LogP contribution in [-0.4, -0.2) is 47.3 Å². The molecule has 9 heteroatoms. The highest BCUT2D eigenvalue weighted by Gasteiger charge is 2.34. The first-order chi connectivity index (χ1) is 14.5. The maximum Gasteiger partial charge on any atom is 0.255 e. The molecule has 0 saturated heterocycles. The van der Waals surface area contributed by atoms with Gasteiger partial charge in [-0.05, 0) is 47.2 Å². The molecule has 2 N–H and O–H groups in total. The lowest BCUT2D eigenvalue weighted by atomic mass is 9.94. The van der Waals surface area contributed by atoms with E-state index in [4.69, 9.17) is 4.74 Å². The fraction of sp³-hybridized carbons (Fsp3) is 0.238. The number of amides is 1. The molecule has 2 aromatic carbocycles. The summed E-state index contributed by atoms with van der Waals surface area (Å²) in [6.07, 6.45) is 0. The van der Waals surface area contributed by atoms with E-state index in [0.717, 1.165) is 11.3 Å². The number of nitrogens with zero attached hydrogens (tertiary/aromatic N) is 5. The van der Waals surface area contributed by atoms with Crippen LogP contribution in [0.15, 0.2) is 59.8 Å². The van der Waals surface area contributed by atoms with Crippen LogP contribution in [-0.2, 0) is 4.79 Å². The van der Waals surface area contributed by atoms with Gasteiger partial charge in [0.05, 0.1) is 18.4 Å². The van der Waals surface area contributed by atoms with Gasteiger partial charge in [-0.2, -0.15) is 4.68 Å². The van der Waals surface area contributed by atoms with Crippen molar-refractivity contribution in [3.8, 4) is 5.75 Å². The molecule has 9 nitrogen and oxygen atoms in total. The Balaban J connectivity index is 1.75. The third-order valence-corrected chi connectivity index (χ3v) is 5.04.